The summed E-state index contributed by atoms with van der Waals surface area (Å²) in [5, 5.41) is 10.9. The number of rotatable bonds is 6. The quantitative estimate of drug-likeness (QED) is 0.452. The molecule has 2 bridgehead atoms. The van der Waals surface area contributed by atoms with Crippen LogP contribution in [0, 0.1) is 11.8 Å². The van der Waals surface area contributed by atoms with Gasteiger partial charge in [-0.2, -0.15) is 0 Å². The van der Waals surface area contributed by atoms with E-state index in [9.17, 15) is 14.7 Å². The number of phenols is 1. The normalized spacial score (nSPS) is 33.8. The zero-order valence-electron chi connectivity index (χ0n) is 22.6. The van der Waals surface area contributed by atoms with Crippen LogP contribution in [-0.4, -0.2) is 71.2 Å². The highest BCUT2D eigenvalue weighted by Gasteiger charge is 2.66. The minimum Gasteiger partial charge on any atom is -0.504 e. The van der Waals surface area contributed by atoms with Crippen LogP contribution in [0.2, 0.25) is 0 Å². The lowest BCUT2D eigenvalue weighted by molar-refractivity contribution is -0.142. The smallest absolute Gasteiger partial charge is 0.302 e. The van der Waals surface area contributed by atoms with Crippen molar-refractivity contribution < 1.29 is 24.2 Å². The zero-order chi connectivity index (χ0) is 26.9. The van der Waals surface area contributed by atoms with Crippen molar-refractivity contribution in [2.75, 3.05) is 20.1 Å². The molecule has 39 heavy (non-hydrogen) atoms. The first-order valence-electron chi connectivity index (χ1n) is 14.3. The van der Waals surface area contributed by atoms with Crippen LogP contribution in [-0.2, 0) is 26.2 Å². The predicted octanol–water partition coefficient (Wildman–Crippen LogP) is 3.92. The Balaban J connectivity index is 1.17. The SMILES string of the molecule is CC(=O)OC1CC1CN1CC[C@]23c4c5ccc(O)c4O[C@H]2[C@@H](N(C)C(=O)C=Cc2ccccc2)CC[C@H]3[C@H]1C5. The summed E-state index contributed by atoms with van der Waals surface area (Å²) < 4.78 is 12.2. The van der Waals surface area contributed by atoms with Gasteiger partial charge in [-0.25, -0.2) is 0 Å². The van der Waals surface area contributed by atoms with Crippen molar-refractivity contribution in [3.63, 3.8) is 0 Å². The molecule has 2 heterocycles. The number of amides is 1. The number of aromatic hydroxyl groups is 1. The predicted molar refractivity (Wildman–Crippen MR) is 146 cm³/mol. The summed E-state index contributed by atoms with van der Waals surface area (Å²) in [5.41, 5.74) is 3.25. The van der Waals surface area contributed by atoms with Gasteiger partial charge in [0.15, 0.2) is 11.5 Å². The van der Waals surface area contributed by atoms with Crippen molar-refractivity contribution in [3.05, 3.63) is 65.2 Å². The Morgan fingerprint density at radius 1 is 1.21 bits per heavy atom. The molecule has 204 valence electrons. The summed E-state index contributed by atoms with van der Waals surface area (Å²) in [4.78, 5) is 29.3. The minimum atomic E-state index is -0.206. The molecular formula is C32H36N2O5. The van der Waals surface area contributed by atoms with E-state index in [1.54, 1.807) is 12.1 Å². The van der Waals surface area contributed by atoms with Gasteiger partial charge in [-0.15, -0.1) is 0 Å². The Hall–Kier alpha value is -3.32. The molecule has 0 aromatic heterocycles. The van der Waals surface area contributed by atoms with Crippen LogP contribution in [0.3, 0.4) is 0 Å². The van der Waals surface area contributed by atoms with Gasteiger partial charge in [0.25, 0.3) is 0 Å². The summed E-state index contributed by atoms with van der Waals surface area (Å²) in [6.45, 7) is 3.38. The van der Waals surface area contributed by atoms with Crippen molar-refractivity contribution in [2.24, 2.45) is 11.8 Å². The number of phenolic OH excluding ortho intramolecular Hbond substituents is 1. The van der Waals surface area contributed by atoms with Crippen LogP contribution < -0.4 is 4.74 Å². The molecule has 7 nitrogen and oxygen atoms in total. The number of esters is 1. The molecule has 1 saturated heterocycles. The number of likely N-dealkylation sites (tertiary alicyclic amines) is 1. The van der Waals surface area contributed by atoms with E-state index in [4.69, 9.17) is 9.47 Å². The first-order chi connectivity index (χ1) is 18.9. The summed E-state index contributed by atoms with van der Waals surface area (Å²) in [6.07, 6.45) is 8.10. The van der Waals surface area contributed by atoms with Crippen molar-refractivity contribution in [1.29, 1.82) is 0 Å². The van der Waals surface area contributed by atoms with Crippen LogP contribution >= 0.6 is 0 Å². The van der Waals surface area contributed by atoms with Gasteiger partial charge in [0, 0.05) is 49.5 Å². The van der Waals surface area contributed by atoms with Gasteiger partial charge >= 0.3 is 5.97 Å². The fraction of sp³-hybridized carbons (Fsp3) is 0.500. The van der Waals surface area contributed by atoms with E-state index in [1.165, 1.54) is 18.1 Å². The highest BCUT2D eigenvalue weighted by molar-refractivity contribution is 5.92. The average Bonchev–Trinajstić information content (AvgIpc) is 3.55. The third-order valence-corrected chi connectivity index (χ3v) is 10.1. The van der Waals surface area contributed by atoms with Crippen molar-refractivity contribution in [1.82, 2.24) is 9.80 Å². The largest absolute Gasteiger partial charge is 0.504 e. The second kappa shape index (κ2) is 9.12. The second-order valence-corrected chi connectivity index (χ2v) is 12.1. The third-order valence-electron chi connectivity index (χ3n) is 10.1. The van der Waals surface area contributed by atoms with Gasteiger partial charge in [-0.1, -0.05) is 36.4 Å². The minimum absolute atomic E-state index is 0.0299. The summed E-state index contributed by atoms with van der Waals surface area (Å²) in [6, 6.07) is 14.0. The molecule has 2 aliphatic heterocycles. The number of carbonyl (C=O) groups is 2. The number of ether oxygens (including phenoxy) is 2. The van der Waals surface area contributed by atoms with E-state index in [2.05, 4.69) is 11.0 Å². The summed E-state index contributed by atoms with van der Waals surface area (Å²) in [5.74, 6) is 1.43. The molecule has 1 amide bonds. The van der Waals surface area contributed by atoms with E-state index in [-0.39, 0.29) is 41.3 Å². The topological polar surface area (TPSA) is 79.3 Å². The van der Waals surface area contributed by atoms with Gasteiger partial charge in [-0.05, 0) is 67.8 Å². The molecule has 7 heteroatoms. The van der Waals surface area contributed by atoms with Crippen molar-refractivity contribution >= 4 is 18.0 Å². The lowest BCUT2D eigenvalue weighted by atomic mass is 9.51. The van der Waals surface area contributed by atoms with Gasteiger partial charge in [-0.3, -0.25) is 14.5 Å². The maximum absolute atomic E-state index is 13.4. The maximum atomic E-state index is 13.4. The molecule has 2 unspecified atom stereocenters. The number of piperidine rings is 1. The molecule has 1 N–H and O–H groups in total. The molecule has 2 aromatic carbocycles. The first kappa shape index (κ1) is 24.7. The number of likely N-dealkylation sites (N-methyl/N-ethyl adjacent to an activating group) is 1. The molecular weight excluding hydrogens is 492 g/mol. The zero-order valence-corrected chi connectivity index (χ0v) is 22.6. The third kappa shape index (κ3) is 3.88. The Kier molecular flexibility index (Phi) is 5.78. The van der Waals surface area contributed by atoms with E-state index in [0.29, 0.717) is 23.6 Å². The van der Waals surface area contributed by atoms with Crippen molar-refractivity contribution in [2.45, 2.75) is 68.7 Å². The Labute approximate surface area is 229 Å². The Bertz CT molecular complexity index is 1340. The number of carbonyl (C=O) groups excluding carboxylic acids is 2. The molecule has 2 aromatic rings. The molecule has 2 saturated carbocycles. The van der Waals surface area contributed by atoms with Gasteiger partial charge in [0.1, 0.15) is 12.2 Å². The van der Waals surface area contributed by atoms with Crippen molar-refractivity contribution in [3.8, 4) is 11.5 Å². The highest BCUT2D eigenvalue weighted by Crippen LogP contribution is 2.64. The second-order valence-electron chi connectivity index (χ2n) is 12.1. The average molecular weight is 529 g/mol. The monoisotopic (exact) mass is 528 g/mol. The molecule has 1 spiro atoms. The van der Waals surface area contributed by atoms with Gasteiger partial charge < -0.3 is 19.5 Å². The van der Waals surface area contributed by atoms with Crippen LogP contribution in [0.5, 0.6) is 11.5 Å². The maximum Gasteiger partial charge on any atom is 0.302 e. The Morgan fingerprint density at radius 2 is 2.03 bits per heavy atom. The van der Waals surface area contributed by atoms with Gasteiger partial charge in [0.2, 0.25) is 5.91 Å². The molecule has 7 atom stereocenters. The van der Waals surface area contributed by atoms with Gasteiger partial charge in [0.05, 0.1) is 6.04 Å². The number of benzene rings is 2. The standard InChI is InChI=1S/C32H36N2O5/c1-19(35)38-27-17-22(27)18-34-15-14-32-23-10-11-24(33(2)28(37)13-8-20-6-4-3-5-7-20)31(32)39-30-26(36)12-9-21(29(30)32)16-25(23)34/h3-9,12-13,22-25,27,31,36H,10-11,14-18H2,1-2H3/t22?,23-,24-,25+,27?,31-,32-/m0/s1. The first-order valence-corrected chi connectivity index (χ1v) is 14.3. The molecule has 3 aliphatic carbocycles. The van der Waals surface area contributed by atoms with Crippen LogP contribution in [0.15, 0.2) is 48.5 Å². The number of nitrogens with zero attached hydrogens (tertiary/aromatic N) is 2. The fourth-order valence-electron chi connectivity index (χ4n) is 8.30. The lowest BCUT2D eigenvalue weighted by Gasteiger charge is -2.60. The fourth-order valence-corrected chi connectivity index (χ4v) is 8.30. The molecule has 3 fully saturated rings. The van der Waals surface area contributed by atoms with E-state index < -0.39 is 0 Å². The van der Waals surface area contributed by atoms with E-state index >= 15 is 0 Å². The summed E-state index contributed by atoms with van der Waals surface area (Å²) >= 11 is 0. The lowest BCUT2D eigenvalue weighted by Crippen LogP contribution is -2.69. The molecule has 0 radical (unpaired) electrons. The molecule has 7 rings (SSSR count). The van der Waals surface area contributed by atoms with E-state index in [1.807, 2.05) is 48.4 Å². The van der Waals surface area contributed by atoms with E-state index in [0.717, 1.165) is 50.8 Å². The Morgan fingerprint density at radius 3 is 2.82 bits per heavy atom. The summed E-state index contributed by atoms with van der Waals surface area (Å²) in [7, 11) is 1.89. The highest BCUT2D eigenvalue weighted by atomic mass is 16.5. The number of hydrogen-bond acceptors (Lipinski definition) is 6. The molecule has 5 aliphatic rings. The van der Waals surface area contributed by atoms with Crippen LogP contribution in [0.25, 0.3) is 6.08 Å². The van der Waals surface area contributed by atoms with Crippen LogP contribution in [0.1, 0.15) is 49.3 Å². The number of hydrogen-bond donors (Lipinski definition) is 1. The van der Waals surface area contributed by atoms with Crippen LogP contribution in [0.4, 0.5) is 0 Å².